The Bertz CT molecular complexity index is 463. The van der Waals surface area contributed by atoms with Gasteiger partial charge >= 0.3 is 0 Å². The van der Waals surface area contributed by atoms with Gasteiger partial charge < -0.3 is 10.2 Å². The summed E-state index contributed by atoms with van der Waals surface area (Å²) < 4.78 is 0. The van der Waals surface area contributed by atoms with Gasteiger partial charge in [-0.25, -0.2) is 4.98 Å². The molecule has 1 aliphatic heterocycles. The van der Waals surface area contributed by atoms with Gasteiger partial charge in [-0.15, -0.1) is 0 Å². The molecule has 1 aromatic rings. The maximum absolute atomic E-state index is 6.26. The number of halogens is 1. The Kier molecular flexibility index (Phi) is 4.47. The van der Waals surface area contributed by atoms with Gasteiger partial charge in [-0.2, -0.15) is 0 Å². The second kappa shape index (κ2) is 6.31. The number of anilines is 1. The molecule has 0 aromatic carbocycles. The van der Waals surface area contributed by atoms with E-state index in [2.05, 4.69) is 23.2 Å². The second-order valence-electron chi connectivity index (χ2n) is 5.97. The minimum absolute atomic E-state index is 0.712. The van der Waals surface area contributed by atoms with Crippen LogP contribution in [0.25, 0.3) is 0 Å². The van der Waals surface area contributed by atoms with E-state index in [0.29, 0.717) is 6.04 Å². The number of hydrogen-bond acceptors (Lipinski definition) is 3. The van der Waals surface area contributed by atoms with Crippen molar-refractivity contribution >= 4 is 17.4 Å². The van der Waals surface area contributed by atoms with Crippen LogP contribution < -0.4 is 10.2 Å². The summed E-state index contributed by atoms with van der Waals surface area (Å²) in [5.74, 6) is 2.01. The molecule has 3 rings (SSSR count). The summed E-state index contributed by atoms with van der Waals surface area (Å²) >= 11 is 6.26. The number of aromatic nitrogens is 1. The molecular weight excluding hydrogens is 270 g/mol. The van der Waals surface area contributed by atoms with Crippen LogP contribution in [0.3, 0.4) is 0 Å². The van der Waals surface area contributed by atoms with Gasteiger partial charge in [-0.3, -0.25) is 0 Å². The first-order valence-electron chi connectivity index (χ1n) is 7.92. The van der Waals surface area contributed by atoms with Gasteiger partial charge in [0, 0.05) is 19.1 Å². The molecule has 3 nitrogen and oxygen atoms in total. The first-order valence-corrected chi connectivity index (χ1v) is 8.30. The van der Waals surface area contributed by atoms with Gasteiger partial charge in [0.2, 0.25) is 0 Å². The van der Waals surface area contributed by atoms with Crippen LogP contribution in [0.2, 0.25) is 5.02 Å². The molecule has 2 atom stereocenters. The zero-order chi connectivity index (χ0) is 13.9. The maximum atomic E-state index is 6.26. The molecule has 1 aliphatic carbocycles. The van der Waals surface area contributed by atoms with Crippen molar-refractivity contribution < 1.29 is 0 Å². The monoisotopic (exact) mass is 293 g/mol. The van der Waals surface area contributed by atoms with Crippen LogP contribution in [0.5, 0.6) is 0 Å². The van der Waals surface area contributed by atoms with Crippen LogP contribution in [-0.4, -0.2) is 24.1 Å². The van der Waals surface area contributed by atoms with Crippen LogP contribution in [-0.2, 0) is 6.54 Å². The Morgan fingerprint density at radius 2 is 2.15 bits per heavy atom. The first kappa shape index (κ1) is 14.2. The molecule has 2 unspecified atom stereocenters. The second-order valence-corrected chi connectivity index (χ2v) is 6.38. The Balaban J connectivity index is 1.79. The number of hydrogen-bond donors (Lipinski definition) is 1. The zero-order valence-electron chi connectivity index (χ0n) is 12.2. The lowest BCUT2D eigenvalue weighted by Gasteiger charge is -2.32. The van der Waals surface area contributed by atoms with Crippen molar-refractivity contribution in [1.29, 1.82) is 0 Å². The van der Waals surface area contributed by atoms with Crippen LogP contribution in [0.1, 0.15) is 44.7 Å². The normalized spacial score (nSPS) is 25.8. The fourth-order valence-corrected chi connectivity index (χ4v) is 3.86. The predicted molar refractivity (Wildman–Crippen MR) is 84.3 cm³/mol. The Labute approximate surface area is 126 Å². The molecule has 0 spiro atoms. The maximum Gasteiger partial charge on any atom is 0.129 e. The molecule has 2 fully saturated rings. The topological polar surface area (TPSA) is 28.2 Å². The van der Waals surface area contributed by atoms with Crippen LogP contribution >= 0.6 is 11.6 Å². The third-order valence-corrected chi connectivity index (χ3v) is 5.09. The minimum Gasteiger partial charge on any atom is -0.353 e. The minimum atomic E-state index is 0.712. The van der Waals surface area contributed by atoms with Crippen molar-refractivity contribution in [3.8, 4) is 0 Å². The van der Waals surface area contributed by atoms with Gasteiger partial charge in [0.05, 0.1) is 10.7 Å². The third kappa shape index (κ3) is 2.79. The molecule has 4 heteroatoms. The Hall–Kier alpha value is -0.800. The number of nitrogens with zero attached hydrogens (tertiary/aromatic N) is 2. The van der Waals surface area contributed by atoms with Crippen molar-refractivity contribution in [1.82, 2.24) is 10.3 Å². The molecule has 20 heavy (non-hydrogen) atoms. The molecule has 0 bridgehead atoms. The standard InChI is InChI=1S/C16H24ClN3/c1-2-18-11-14-13(17)7-8-16(19-14)20-10-9-12-5-3-4-6-15(12)20/h7-8,12,15,18H,2-6,9-11H2,1H3. The number of pyridine rings is 1. The fourth-order valence-electron chi connectivity index (χ4n) is 3.69. The van der Waals surface area contributed by atoms with Crippen molar-refractivity contribution in [2.24, 2.45) is 5.92 Å². The summed E-state index contributed by atoms with van der Waals surface area (Å²) in [5.41, 5.74) is 0.977. The lowest BCUT2D eigenvalue weighted by Crippen LogP contribution is -2.35. The zero-order valence-corrected chi connectivity index (χ0v) is 13.0. The molecule has 1 aromatic heterocycles. The van der Waals surface area contributed by atoms with Gasteiger partial charge in [0.1, 0.15) is 5.82 Å². The quantitative estimate of drug-likeness (QED) is 0.919. The molecule has 2 aliphatic rings. The smallest absolute Gasteiger partial charge is 0.129 e. The van der Waals surface area contributed by atoms with Crippen molar-refractivity contribution in [2.75, 3.05) is 18.0 Å². The van der Waals surface area contributed by atoms with E-state index in [1.54, 1.807) is 0 Å². The molecule has 110 valence electrons. The first-order chi connectivity index (χ1) is 9.79. The van der Waals surface area contributed by atoms with Crippen LogP contribution in [0, 0.1) is 5.92 Å². The molecule has 1 saturated heterocycles. The fraction of sp³-hybridized carbons (Fsp3) is 0.688. The van der Waals surface area contributed by atoms with E-state index < -0.39 is 0 Å². The van der Waals surface area contributed by atoms with E-state index in [-0.39, 0.29) is 0 Å². The summed E-state index contributed by atoms with van der Waals surface area (Å²) in [6.45, 7) is 4.96. The number of rotatable bonds is 4. The van der Waals surface area contributed by atoms with Crippen molar-refractivity contribution in [3.05, 3.63) is 22.8 Å². The SMILES string of the molecule is CCNCc1nc(N2CCC3CCCCC32)ccc1Cl. The summed E-state index contributed by atoms with van der Waals surface area (Å²) in [7, 11) is 0. The van der Waals surface area contributed by atoms with Gasteiger partial charge in [0.25, 0.3) is 0 Å². The summed E-state index contributed by atoms with van der Waals surface area (Å²) in [6.07, 6.45) is 6.85. The Morgan fingerprint density at radius 1 is 1.30 bits per heavy atom. The van der Waals surface area contributed by atoms with Crippen LogP contribution in [0.4, 0.5) is 5.82 Å². The molecule has 1 saturated carbocycles. The average Bonchev–Trinajstić information content (AvgIpc) is 2.90. The summed E-state index contributed by atoms with van der Waals surface area (Å²) in [5, 5.41) is 4.09. The molecule has 0 amide bonds. The van der Waals surface area contributed by atoms with E-state index in [1.165, 1.54) is 32.1 Å². The van der Waals surface area contributed by atoms with Crippen LogP contribution in [0.15, 0.2) is 12.1 Å². The van der Waals surface area contributed by atoms with Gasteiger partial charge in [-0.1, -0.05) is 31.4 Å². The molecule has 2 heterocycles. The predicted octanol–water partition coefficient (Wildman–Crippen LogP) is 3.61. The largest absolute Gasteiger partial charge is 0.353 e. The lowest BCUT2D eigenvalue weighted by atomic mass is 9.85. The van der Waals surface area contributed by atoms with Gasteiger partial charge in [-0.05, 0) is 43.9 Å². The molecule has 0 radical (unpaired) electrons. The lowest BCUT2D eigenvalue weighted by molar-refractivity contribution is 0.341. The number of fused-ring (bicyclic) bond motifs is 1. The highest BCUT2D eigenvalue weighted by atomic mass is 35.5. The van der Waals surface area contributed by atoms with Crippen molar-refractivity contribution in [2.45, 2.75) is 51.6 Å². The molecule has 1 N–H and O–H groups in total. The summed E-state index contributed by atoms with van der Waals surface area (Å²) in [4.78, 5) is 7.34. The van der Waals surface area contributed by atoms with E-state index >= 15 is 0 Å². The third-order valence-electron chi connectivity index (χ3n) is 4.75. The summed E-state index contributed by atoms with van der Waals surface area (Å²) in [6, 6.07) is 4.81. The Morgan fingerprint density at radius 3 is 3.00 bits per heavy atom. The highest BCUT2D eigenvalue weighted by Gasteiger charge is 2.36. The molecular formula is C16H24ClN3. The van der Waals surface area contributed by atoms with Crippen molar-refractivity contribution in [3.63, 3.8) is 0 Å². The van der Waals surface area contributed by atoms with Gasteiger partial charge in [0.15, 0.2) is 0 Å². The highest BCUT2D eigenvalue weighted by Crippen LogP contribution is 2.38. The van der Waals surface area contributed by atoms with E-state index in [1.807, 2.05) is 6.07 Å². The van der Waals surface area contributed by atoms with E-state index in [0.717, 1.165) is 42.1 Å². The average molecular weight is 294 g/mol. The number of nitrogens with one attached hydrogen (secondary N) is 1. The van der Waals surface area contributed by atoms with E-state index in [9.17, 15) is 0 Å². The van der Waals surface area contributed by atoms with E-state index in [4.69, 9.17) is 16.6 Å². The highest BCUT2D eigenvalue weighted by molar-refractivity contribution is 6.31.